The largest absolute Gasteiger partial charge is 0.456 e. The molecule has 1 fully saturated rings. The smallest absolute Gasteiger partial charge is 0.435 e. The summed E-state index contributed by atoms with van der Waals surface area (Å²) < 4.78 is 5.22. The topological polar surface area (TPSA) is 73.7 Å². The second-order valence-electron chi connectivity index (χ2n) is 6.04. The molecule has 116 valence electrons. The van der Waals surface area contributed by atoms with Gasteiger partial charge < -0.3 is 9.64 Å². The van der Waals surface area contributed by atoms with Gasteiger partial charge in [0.1, 0.15) is 11.2 Å². The zero-order valence-corrected chi connectivity index (χ0v) is 12.7. The van der Waals surface area contributed by atoms with Gasteiger partial charge in [-0.3, -0.25) is 4.84 Å². The Morgan fingerprint density at radius 2 is 1.86 bits per heavy atom. The maximum atomic E-state index is 11.9. The molecule has 1 aromatic rings. The van der Waals surface area contributed by atoms with Crippen LogP contribution >= 0.6 is 0 Å². The molecular weight excluding hydrogens is 274 g/mol. The Morgan fingerprint density at radius 1 is 1.19 bits per heavy atom. The van der Waals surface area contributed by atoms with E-state index in [1.54, 1.807) is 25.7 Å². The van der Waals surface area contributed by atoms with Crippen LogP contribution in [0.3, 0.4) is 0 Å². The predicted molar refractivity (Wildman–Crippen MR) is 74.8 cm³/mol. The van der Waals surface area contributed by atoms with Crippen molar-refractivity contribution in [2.45, 2.75) is 45.6 Å². The third kappa shape index (κ3) is 4.47. The Bertz CT molecular complexity index is 513. The van der Waals surface area contributed by atoms with Crippen molar-refractivity contribution < 1.29 is 19.2 Å². The molecule has 0 bridgehead atoms. The van der Waals surface area contributed by atoms with E-state index in [0.29, 0.717) is 13.1 Å². The molecule has 1 aromatic heterocycles. The minimum absolute atomic E-state index is 0.247. The van der Waals surface area contributed by atoms with Crippen molar-refractivity contribution in [3.05, 3.63) is 18.0 Å². The third-order valence-electron chi connectivity index (χ3n) is 2.98. The first-order valence-electron chi connectivity index (χ1n) is 7.10. The van der Waals surface area contributed by atoms with Crippen molar-refractivity contribution in [2.75, 3.05) is 13.1 Å². The van der Waals surface area contributed by atoms with Gasteiger partial charge in [-0.15, -0.1) is 5.10 Å². The summed E-state index contributed by atoms with van der Waals surface area (Å²) in [5, 5.41) is 3.85. The van der Waals surface area contributed by atoms with Gasteiger partial charge in [0, 0.05) is 13.1 Å². The number of nitrogens with zero attached hydrogens (tertiary/aromatic N) is 3. The van der Waals surface area contributed by atoms with Crippen LogP contribution in [0.2, 0.25) is 0 Å². The molecule has 2 heterocycles. The van der Waals surface area contributed by atoms with Crippen LogP contribution in [0, 0.1) is 0 Å². The lowest BCUT2D eigenvalue weighted by Crippen LogP contribution is -2.40. The molecule has 1 saturated heterocycles. The van der Waals surface area contributed by atoms with Gasteiger partial charge in [-0.25, -0.2) is 9.59 Å². The molecule has 7 heteroatoms. The van der Waals surface area contributed by atoms with E-state index < -0.39 is 17.7 Å². The molecule has 0 aromatic carbocycles. The summed E-state index contributed by atoms with van der Waals surface area (Å²) in [6.07, 6.45) is 5.31. The second kappa shape index (κ2) is 6.15. The van der Waals surface area contributed by atoms with Crippen molar-refractivity contribution in [3.8, 4) is 0 Å². The van der Waals surface area contributed by atoms with Gasteiger partial charge in [-0.05, 0) is 40.0 Å². The molecule has 21 heavy (non-hydrogen) atoms. The maximum Gasteiger partial charge on any atom is 0.435 e. The molecule has 0 spiro atoms. The van der Waals surface area contributed by atoms with Crippen molar-refractivity contribution in [2.24, 2.45) is 0 Å². The number of esters is 1. The monoisotopic (exact) mass is 295 g/mol. The molecule has 7 nitrogen and oxygen atoms in total. The predicted octanol–water partition coefficient (Wildman–Crippen LogP) is 1.87. The number of hydrogen-bond acceptors (Lipinski definition) is 5. The first kappa shape index (κ1) is 15.3. The van der Waals surface area contributed by atoms with Crippen molar-refractivity contribution in [1.82, 2.24) is 14.8 Å². The lowest BCUT2D eigenvalue weighted by molar-refractivity contribution is 0.00674. The number of piperidine rings is 1. The number of aromatic nitrogens is 2. The lowest BCUT2D eigenvalue weighted by Gasteiger charge is -2.25. The summed E-state index contributed by atoms with van der Waals surface area (Å²) in [7, 11) is 0. The van der Waals surface area contributed by atoms with E-state index in [2.05, 4.69) is 5.10 Å². The molecule has 0 radical (unpaired) electrons. The second-order valence-corrected chi connectivity index (χ2v) is 6.04. The van der Waals surface area contributed by atoms with E-state index in [9.17, 15) is 9.59 Å². The fourth-order valence-corrected chi connectivity index (χ4v) is 2.01. The molecular formula is C14H21N3O4. The van der Waals surface area contributed by atoms with E-state index in [1.165, 1.54) is 12.4 Å². The van der Waals surface area contributed by atoms with Crippen LogP contribution in [0.25, 0.3) is 0 Å². The Labute approximate surface area is 123 Å². The van der Waals surface area contributed by atoms with Crippen LogP contribution in [0.4, 0.5) is 4.79 Å². The zero-order chi connectivity index (χ0) is 15.5. The van der Waals surface area contributed by atoms with Crippen LogP contribution in [-0.4, -0.2) is 45.6 Å². The standard InChI is InChI=1S/C14H21N3O4/c1-14(2,3)20-12(18)11-9-15-17(10-11)21-13(19)16-7-5-4-6-8-16/h9-10H,4-8H2,1-3H3. The first-order valence-corrected chi connectivity index (χ1v) is 7.10. The van der Waals surface area contributed by atoms with Gasteiger partial charge >= 0.3 is 12.1 Å². The minimum atomic E-state index is -0.580. The van der Waals surface area contributed by atoms with Crippen molar-refractivity contribution >= 4 is 12.1 Å². The number of ether oxygens (including phenoxy) is 1. The number of likely N-dealkylation sites (tertiary alicyclic amines) is 1. The molecule has 0 atom stereocenters. The molecule has 0 N–H and O–H groups in total. The van der Waals surface area contributed by atoms with Crippen LogP contribution in [-0.2, 0) is 4.74 Å². The summed E-state index contributed by atoms with van der Waals surface area (Å²) in [6.45, 7) is 6.74. The van der Waals surface area contributed by atoms with Crippen LogP contribution in [0.15, 0.2) is 12.4 Å². The van der Waals surface area contributed by atoms with Crippen LogP contribution < -0.4 is 4.84 Å². The minimum Gasteiger partial charge on any atom is -0.456 e. The van der Waals surface area contributed by atoms with E-state index in [0.717, 1.165) is 24.1 Å². The molecule has 1 aliphatic heterocycles. The van der Waals surface area contributed by atoms with Gasteiger partial charge in [0.15, 0.2) is 0 Å². The number of carbonyl (C=O) groups excluding carboxylic acids is 2. The summed E-state index contributed by atoms with van der Waals surface area (Å²) in [6, 6.07) is 0. The highest BCUT2D eigenvalue weighted by molar-refractivity contribution is 5.89. The van der Waals surface area contributed by atoms with Gasteiger partial charge in [-0.1, -0.05) is 4.85 Å². The molecule has 0 unspecified atom stereocenters. The molecule has 2 rings (SSSR count). The fourth-order valence-electron chi connectivity index (χ4n) is 2.01. The zero-order valence-electron chi connectivity index (χ0n) is 12.7. The quantitative estimate of drug-likeness (QED) is 0.779. The highest BCUT2D eigenvalue weighted by Gasteiger charge is 2.22. The summed E-state index contributed by atoms with van der Waals surface area (Å²) >= 11 is 0. The molecule has 0 aliphatic carbocycles. The maximum absolute atomic E-state index is 11.9. The average Bonchev–Trinajstić information content (AvgIpc) is 2.86. The number of carbonyl (C=O) groups is 2. The SMILES string of the molecule is CC(C)(C)OC(=O)c1cnn(OC(=O)N2CCCCC2)c1. The third-order valence-corrected chi connectivity index (χ3v) is 2.98. The molecule has 1 aliphatic rings. The summed E-state index contributed by atoms with van der Waals surface area (Å²) in [5.74, 6) is -0.497. The van der Waals surface area contributed by atoms with E-state index in [4.69, 9.17) is 9.57 Å². The van der Waals surface area contributed by atoms with E-state index >= 15 is 0 Å². The van der Waals surface area contributed by atoms with Crippen LogP contribution in [0.5, 0.6) is 0 Å². The van der Waals surface area contributed by atoms with Gasteiger partial charge in [0.25, 0.3) is 0 Å². The number of rotatable bonds is 2. The van der Waals surface area contributed by atoms with E-state index in [-0.39, 0.29) is 5.56 Å². The highest BCUT2D eigenvalue weighted by atomic mass is 16.7. The van der Waals surface area contributed by atoms with Gasteiger partial charge in [-0.2, -0.15) is 0 Å². The van der Waals surface area contributed by atoms with E-state index in [1.807, 2.05) is 0 Å². The molecule has 1 amide bonds. The Morgan fingerprint density at radius 3 is 2.48 bits per heavy atom. The summed E-state index contributed by atoms with van der Waals surface area (Å²) in [5.41, 5.74) is -0.333. The Balaban J connectivity index is 1.93. The average molecular weight is 295 g/mol. The van der Waals surface area contributed by atoms with Gasteiger partial charge in [0.2, 0.25) is 0 Å². The number of amides is 1. The Hall–Kier alpha value is -2.05. The normalized spacial score (nSPS) is 15.7. The van der Waals surface area contributed by atoms with Crippen molar-refractivity contribution in [3.63, 3.8) is 0 Å². The molecule has 0 saturated carbocycles. The summed E-state index contributed by atoms with van der Waals surface area (Å²) in [4.78, 5) is 31.5. The van der Waals surface area contributed by atoms with Crippen molar-refractivity contribution in [1.29, 1.82) is 0 Å². The first-order chi connectivity index (χ1) is 9.85. The van der Waals surface area contributed by atoms with Gasteiger partial charge in [0.05, 0.1) is 12.4 Å². The highest BCUT2D eigenvalue weighted by Crippen LogP contribution is 2.12. The number of hydrogen-bond donors (Lipinski definition) is 0. The fraction of sp³-hybridized carbons (Fsp3) is 0.643. The lowest BCUT2D eigenvalue weighted by atomic mass is 10.1. The Kier molecular flexibility index (Phi) is 4.50. The van der Waals surface area contributed by atoms with Crippen LogP contribution in [0.1, 0.15) is 50.4 Å².